The Kier molecular flexibility index (Phi) is 17.9. The summed E-state index contributed by atoms with van der Waals surface area (Å²) in [5.74, 6) is 2.04. The largest absolute Gasteiger partial charge is 0.507 e. The van der Waals surface area contributed by atoms with Crippen molar-refractivity contribution in [2.75, 3.05) is 52.9 Å². The van der Waals surface area contributed by atoms with Crippen LogP contribution in [0.25, 0.3) is 0 Å². The first kappa shape index (κ1) is 58.3. The zero-order valence-corrected chi connectivity index (χ0v) is 49.1. The Morgan fingerprint density at radius 2 is 0.632 bits per heavy atom. The topological polar surface area (TPSA) is 113 Å². The first-order valence-electron chi connectivity index (χ1n) is 27.9. The lowest BCUT2D eigenvalue weighted by Crippen LogP contribution is -2.19. The van der Waals surface area contributed by atoms with E-state index in [0.717, 1.165) is 83.5 Å². The van der Waals surface area contributed by atoms with E-state index in [2.05, 4.69) is 165 Å². The van der Waals surface area contributed by atoms with Crippen LogP contribution in [-0.4, -0.2) is 69.0 Å². The van der Waals surface area contributed by atoms with Gasteiger partial charge >= 0.3 is 5.97 Å². The molecule has 0 aromatic heterocycles. The Morgan fingerprint density at radius 3 is 0.908 bits per heavy atom. The summed E-state index contributed by atoms with van der Waals surface area (Å²) in [5, 5.41) is 25.6. The van der Waals surface area contributed by atoms with Crippen LogP contribution in [0.2, 0.25) is 0 Å². The molecule has 1 aliphatic heterocycles. The van der Waals surface area contributed by atoms with Crippen LogP contribution in [0.5, 0.6) is 28.7 Å². The van der Waals surface area contributed by atoms with Gasteiger partial charge in [-0.25, -0.2) is 0 Å². The van der Waals surface area contributed by atoms with Crippen LogP contribution in [-0.2, 0) is 78.2 Å². The van der Waals surface area contributed by atoms with E-state index in [-0.39, 0.29) is 64.2 Å². The Labute approximate surface area is 456 Å². The number of hydrogen-bond acceptors (Lipinski definition) is 9. The van der Waals surface area contributed by atoms with Crippen molar-refractivity contribution in [1.29, 1.82) is 0 Å². The van der Waals surface area contributed by atoms with Gasteiger partial charge in [-0.3, -0.25) is 4.79 Å². The lowest BCUT2D eigenvalue weighted by atomic mass is 9.79. The SMILES string of the molecule is CCCC(=O)Oc1c2cc(C(C)(C)C)cc1Cc1cc(C(C)(C)C)cc3c1OCCOCCOCCOCCOc1c(cc(C(C)(C)C)cc1C2)Cc1cc(C(C)(C)C)cc(c1O)Cc1cc(C(C)(C)C)cc(c1O)C3. The molecule has 0 saturated carbocycles. The maximum absolute atomic E-state index is 14.1. The molecule has 9 nitrogen and oxygen atoms in total. The number of esters is 1. The van der Waals surface area contributed by atoms with E-state index < -0.39 is 0 Å². The molecule has 7 rings (SSSR count). The summed E-state index contributed by atoms with van der Waals surface area (Å²) in [6.07, 6.45) is 2.72. The third-order valence-corrected chi connectivity index (χ3v) is 14.9. The maximum atomic E-state index is 14.1. The minimum Gasteiger partial charge on any atom is -0.507 e. The number of ether oxygens (including phenoxy) is 6. The fraction of sp³-hybridized carbons (Fsp3) is 0.537. The van der Waals surface area contributed by atoms with Crippen LogP contribution in [0.3, 0.4) is 0 Å². The van der Waals surface area contributed by atoms with E-state index in [1.54, 1.807) is 0 Å². The number of benzene rings is 5. The molecule has 0 saturated heterocycles. The highest BCUT2D eigenvalue weighted by atomic mass is 16.6. The highest BCUT2D eigenvalue weighted by Crippen LogP contribution is 2.45. The second-order valence-corrected chi connectivity index (χ2v) is 26.5. The molecule has 0 fully saturated rings. The monoisotopic (exact) mass is 1040 g/mol. The second kappa shape index (κ2) is 23.3. The van der Waals surface area contributed by atoms with Crippen molar-refractivity contribution in [3.05, 3.63) is 144 Å². The summed E-state index contributed by atoms with van der Waals surface area (Å²) in [6.45, 7) is 38.0. The molecule has 0 unspecified atom stereocenters. The summed E-state index contributed by atoms with van der Waals surface area (Å²) in [6, 6.07) is 21.9. The van der Waals surface area contributed by atoms with Crippen molar-refractivity contribution < 1.29 is 43.4 Å². The summed E-state index contributed by atoms with van der Waals surface area (Å²) >= 11 is 0. The van der Waals surface area contributed by atoms with Crippen molar-refractivity contribution in [2.45, 2.75) is 183 Å². The van der Waals surface area contributed by atoms with E-state index in [0.29, 0.717) is 95.4 Å². The molecule has 0 atom stereocenters. The predicted octanol–water partition coefficient (Wildman–Crippen LogP) is 14.4. The van der Waals surface area contributed by atoms with E-state index in [1.807, 2.05) is 6.92 Å². The van der Waals surface area contributed by atoms with Crippen LogP contribution in [0, 0.1) is 0 Å². The molecule has 1 heterocycles. The average Bonchev–Trinajstić information content (AvgIpc) is 3.30. The standard InChI is InChI=1S/C67H90O9/c1-17-18-57(68)76-62-50-30-48-38-54(65(8,9)10)36-46-28-44-34-52(63(2,3)4)32-42(58(44)69)27-43-33-53(64(5,6)7)35-45(59(43)70)29-47-37-55(66(11,12)13)39-49(31-51(62)41-56(40-50)67(14,15)16)61(47)75-26-24-73-22-20-71-19-21-72-23-25-74-60(46)48/h32-41,69-70H,17-31H2,1-16H3. The van der Waals surface area contributed by atoms with Gasteiger partial charge < -0.3 is 38.6 Å². The Hall–Kier alpha value is -5.35. The average molecular weight is 1040 g/mol. The second-order valence-electron chi connectivity index (χ2n) is 26.5. The number of phenols is 2. The number of aromatic hydroxyl groups is 2. The summed E-state index contributed by atoms with van der Waals surface area (Å²) < 4.78 is 38.9. The van der Waals surface area contributed by atoms with Crippen LogP contribution in [0.4, 0.5) is 0 Å². The molecule has 1 aliphatic carbocycles. The lowest BCUT2D eigenvalue weighted by Gasteiger charge is -2.28. The van der Waals surface area contributed by atoms with Gasteiger partial charge in [0.25, 0.3) is 0 Å². The third-order valence-electron chi connectivity index (χ3n) is 14.9. The van der Waals surface area contributed by atoms with Gasteiger partial charge in [0.15, 0.2) is 0 Å². The van der Waals surface area contributed by atoms with Crippen molar-refractivity contribution in [3.8, 4) is 28.7 Å². The number of carbonyl (C=O) groups is 1. The zero-order valence-electron chi connectivity index (χ0n) is 49.1. The molecular weight excluding hydrogens is 949 g/mol. The van der Waals surface area contributed by atoms with E-state index in [9.17, 15) is 15.0 Å². The molecular formula is C67H90O9. The molecule has 5 aromatic carbocycles. The van der Waals surface area contributed by atoms with Gasteiger partial charge in [0.1, 0.15) is 42.0 Å². The fourth-order valence-corrected chi connectivity index (χ4v) is 10.1. The van der Waals surface area contributed by atoms with Gasteiger partial charge in [-0.05, 0) is 106 Å². The third kappa shape index (κ3) is 14.4. The summed E-state index contributed by atoms with van der Waals surface area (Å²) in [7, 11) is 0. The Morgan fingerprint density at radius 1 is 0.395 bits per heavy atom. The smallest absolute Gasteiger partial charge is 0.311 e. The normalized spacial score (nSPS) is 15.8. The summed E-state index contributed by atoms with van der Waals surface area (Å²) in [4.78, 5) is 14.1. The van der Waals surface area contributed by atoms with Gasteiger partial charge in [-0.15, -0.1) is 0 Å². The van der Waals surface area contributed by atoms with Gasteiger partial charge in [0.05, 0.1) is 39.6 Å². The van der Waals surface area contributed by atoms with Crippen molar-refractivity contribution >= 4 is 5.97 Å². The molecule has 5 aromatic rings. The molecule has 12 bridgehead atoms. The molecule has 76 heavy (non-hydrogen) atoms. The molecule has 9 heteroatoms. The Bertz CT molecular complexity index is 2700. The van der Waals surface area contributed by atoms with Gasteiger partial charge in [0.2, 0.25) is 0 Å². The molecule has 0 amide bonds. The predicted molar refractivity (Wildman–Crippen MR) is 307 cm³/mol. The highest BCUT2D eigenvalue weighted by molar-refractivity contribution is 5.74. The Balaban J connectivity index is 1.67. The molecule has 2 N–H and O–H groups in total. The minimum atomic E-state index is -0.293. The van der Waals surface area contributed by atoms with Crippen molar-refractivity contribution in [1.82, 2.24) is 0 Å². The van der Waals surface area contributed by atoms with Gasteiger partial charge in [-0.1, -0.05) is 171 Å². The van der Waals surface area contributed by atoms with Crippen molar-refractivity contribution in [3.63, 3.8) is 0 Å². The number of carbonyl (C=O) groups excluding carboxylic acids is 1. The molecule has 0 spiro atoms. The minimum absolute atomic E-state index is 0.191. The first-order valence-corrected chi connectivity index (χ1v) is 27.9. The fourth-order valence-electron chi connectivity index (χ4n) is 10.1. The van der Waals surface area contributed by atoms with Crippen LogP contribution >= 0.6 is 0 Å². The van der Waals surface area contributed by atoms with Crippen LogP contribution in [0.15, 0.2) is 60.7 Å². The van der Waals surface area contributed by atoms with Gasteiger partial charge in [0, 0.05) is 49.7 Å². The molecule has 0 radical (unpaired) electrons. The van der Waals surface area contributed by atoms with E-state index in [4.69, 9.17) is 28.4 Å². The molecule has 2 aliphatic rings. The zero-order chi connectivity index (χ0) is 55.5. The van der Waals surface area contributed by atoms with Crippen molar-refractivity contribution in [2.24, 2.45) is 0 Å². The highest BCUT2D eigenvalue weighted by Gasteiger charge is 2.30. The molecule has 412 valence electrons. The number of fused-ring (bicyclic) bond motifs is 4. The maximum Gasteiger partial charge on any atom is 0.311 e. The lowest BCUT2D eigenvalue weighted by molar-refractivity contribution is -0.134. The van der Waals surface area contributed by atoms with E-state index in [1.165, 1.54) is 0 Å². The van der Waals surface area contributed by atoms with Crippen LogP contribution in [0.1, 0.15) is 207 Å². The number of hydrogen-bond donors (Lipinski definition) is 2. The number of rotatable bonds is 3. The van der Waals surface area contributed by atoms with E-state index >= 15 is 0 Å². The van der Waals surface area contributed by atoms with Crippen LogP contribution < -0.4 is 14.2 Å². The quantitative estimate of drug-likeness (QED) is 0.132. The summed E-state index contributed by atoms with van der Waals surface area (Å²) in [5.41, 5.74) is 12.6. The van der Waals surface area contributed by atoms with Gasteiger partial charge in [-0.2, -0.15) is 0 Å². The number of phenolic OH excluding ortho intramolecular Hbond substituents is 2. The first-order chi connectivity index (χ1) is 35.5.